The van der Waals surface area contributed by atoms with Crippen molar-refractivity contribution < 1.29 is 0 Å². The van der Waals surface area contributed by atoms with Gasteiger partial charge in [-0.05, 0) is 32.7 Å². The molecule has 0 amide bonds. The maximum Gasteiger partial charge on any atom is 0.141 e. The van der Waals surface area contributed by atoms with Crippen LogP contribution in [-0.2, 0) is 6.54 Å². The van der Waals surface area contributed by atoms with Gasteiger partial charge in [-0.3, -0.25) is 4.90 Å². The molecule has 1 aliphatic rings. The zero-order valence-corrected chi connectivity index (χ0v) is 11.0. The van der Waals surface area contributed by atoms with Crippen molar-refractivity contribution in [3.05, 3.63) is 12.2 Å². The first-order valence-electron chi connectivity index (χ1n) is 6.44. The van der Waals surface area contributed by atoms with Gasteiger partial charge in [-0.15, -0.1) is 0 Å². The van der Waals surface area contributed by atoms with Gasteiger partial charge in [0, 0.05) is 18.6 Å². The van der Waals surface area contributed by atoms with E-state index in [0.29, 0.717) is 18.0 Å². The van der Waals surface area contributed by atoms with Crippen molar-refractivity contribution in [2.75, 3.05) is 13.1 Å². The van der Waals surface area contributed by atoms with Gasteiger partial charge in [-0.1, -0.05) is 6.92 Å². The molecular weight excluding hydrogens is 214 g/mol. The van der Waals surface area contributed by atoms with Gasteiger partial charge in [0.2, 0.25) is 0 Å². The smallest absolute Gasteiger partial charge is 0.141 e. The molecule has 2 atom stereocenters. The predicted octanol–water partition coefficient (Wildman–Crippen LogP) is 1.03. The zero-order chi connectivity index (χ0) is 12.4. The highest BCUT2D eigenvalue weighted by Crippen LogP contribution is 2.17. The summed E-state index contributed by atoms with van der Waals surface area (Å²) in [5.74, 6) is 1.68. The van der Waals surface area contributed by atoms with Gasteiger partial charge in [0.15, 0.2) is 0 Å². The van der Waals surface area contributed by atoms with Crippen molar-refractivity contribution >= 4 is 0 Å². The molecule has 1 fully saturated rings. The molecule has 0 saturated carbocycles. The van der Waals surface area contributed by atoms with Crippen molar-refractivity contribution in [1.82, 2.24) is 19.7 Å². The van der Waals surface area contributed by atoms with E-state index in [0.717, 1.165) is 25.5 Å². The Hall–Kier alpha value is -0.940. The van der Waals surface area contributed by atoms with Crippen molar-refractivity contribution in [3.63, 3.8) is 0 Å². The molecule has 2 unspecified atom stereocenters. The van der Waals surface area contributed by atoms with Crippen LogP contribution in [0.5, 0.6) is 0 Å². The van der Waals surface area contributed by atoms with Crippen molar-refractivity contribution in [2.24, 2.45) is 11.7 Å². The fourth-order valence-electron chi connectivity index (χ4n) is 2.33. The maximum atomic E-state index is 6.11. The Kier molecular flexibility index (Phi) is 3.79. The summed E-state index contributed by atoms with van der Waals surface area (Å²) < 4.78 is 1.99. The zero-order valence-electron chi connectivity index (χ0n) is 11.0. The molecular formula is C12H23N5. The molecule has 1 aromatic heterocycles. The molecule has 1 saturated heterocycles. The first kappa shape index (κ1) is 12.5. The summed E-state index contributed by atoms with van der Waals surface area (Å²) in [4.78, 5) is 6.73. The molecule has 2 rings (SSSR count). The molecule has 0 radical (unpaired) electrons. The van der Waals surface area contributed by atoms with E-state index in [1.807, 2.05) is 4.68 Å². The Labute approximate surface area is 103 Å². The lowest BCUT2D eigenvalue weighted by Crippen LogP contribution is -2.47. The first-order chi connectivity index (χ1) is 8.08. The molecule has 0 bridgehead atoms. The Balaban J connectivity index is 1.99. The molecule has 5 nitrogen and oxygen atoms in total. The fraction of sp³-hybridized carbons (Fsp3) is 0.833. The summed E-state index contributed by atoms with van der Waals surface area (Å²) >= 11 is 0. The van der Waals surface area contributed by atoms with Crippen LogP contribution in [0.3, 0.4) is 0 Å². The predicted molar refractivity (Wildman–Crippen MR) is 67.4 cm³/mol. The van der Waals surface area contributed by atoms with Crippen LogP contribution < -0.4 is 5.73 Å². The first-order valence-corrected chi connectivity index (χ1v) is 6.44. The number of nitrogens with zero attached hydrogens (tertiary/aromatic N) is 4. The number of hydrogen-bond donors (Lipinski definition) is 1. The van der Waals surface area contributed by atoms with Gasteiger partial charge in [0.05, 0.1) is 6.54 Å². The van der Waals surface area contributed by atoms with Crippen LogP contribution in [0.1, 0.15) is 39.1 Å². The standard InChI is InChI=1S/C12H23N5/c1-9(2)17-12(14-8-15-17)7-16-5-4-10(3)11(13)6-16/h8-11H,4-7,13H2,1-3H3. The van der Waals surface area contributed by atoms with Gasteiger partial charge in [-0.2, -0.15) is 5.10 Å². The molecule has 2 heterocycles. The average molecular weight is 237 g/mol. The van der Waals surface area contributed by atoms with E-state index in [-0.39, 0.29) is 0 Å². The molecule has 0 aliphatic carbocycles. The highest BCUT2D eigenvalue weighted by atomic mass is 15.4. The Morgan fingerprint density at radius 1 is 1.53 bits per heavy atom. The average Bonchev–Trinajstić information content (AvgIpc) is 2.72. The summed E-state index contributed by atoms with van der Waals surface area (Å²) in [6, 6.07) is 0.657. The summed E-state index contributed by atoms with van der Waals surface area (Å²) in [7, 11) is 0. The van der Waals surface area contributed by atoms with Crippen LogP contribution in [0.15, 0.2) is 6.33 Å². The van der Waals surface area contributed by atoms with E-state index in [4.69, 9.17) is 5.73 Å². The minimum atomic E-state index is 0.291. The summed E-state index contributed by atoms with van der Waals surface area (Å²) in [5.41, 5.74) is 6.11. The summed E-state index contributed by atoms with van der Waals surface area (Å²) in [6.45, 7) is 9.42. The van der Waals surface area contributed by atoms with Gasteiger partial charge < -0.3 is 5.73 Å². The second kappa shape index (κ2) is 5.14. The number of piperidine rings is 1. The fourth-order valence-corrected chi connectivity index (χ4v) is 2.33. The Morgan fingerprint density at radius 3 is 2.94 bits per heavy atom. The van der Waals surface area contributed by atoms with Crippen molar-refractivity contribution in [2.45, 2.75) is 45.8 Å². The number of hydrogen-bond acceptors (Lipinski definition) is 4. The molecule has 17 heavy (non-hydrogen) atoms. The Morgan fingerprint density at radius 2 is 2.29 bits per heavy atom. The lowest BCUT2D eigenvalue weighted by molar-refractivity contribution is 0.156. The highest BCUT2D eigenvalue weighted by molar-refractivity contribution is 4.89. The number of rotatable bonds is 3. The van der Waals surface area contributed by atoms with Crippen LogP contribution in [0.4, 0.5) is 0 Å². The van der Waals surface area contributed by atoms with Gasteiger partial charge in [-0.25, -0.2) is 9.67 Å². The van der Waals surface area contributed by atoms with E-state index < -0.39 is 0 Å². The van der Waals surface area contributed by atoms with Crippen LogP contribution in [-0.4, -0.2) is 38.8 Å². The number of likely N-dealkylation sites (tertiary alicyclic amines) is 1. The van der Waals surface area contributed by atoms with Crippen LogP contribution in [0, 0.1) is 5.92 Å². The summed E-state index contributed by atoms with van der Waals surface area (Å²) in [6.07, 6.45) is 2.82. The lowest BCUT2D eigenvalue weighted by Gasteiger charge is -2.34. The topological polar surface area (TPSA) is 60.0 Å². The number of aromatic nitrogens is 3. The van der Waals surface area contributed by atoms with E-state index >= 15 is 0 Å². The van der Waals surface area contributed by atoms with E-state index in [2.05, 4.69) is 35.8 Å². The highest BCUT2D eigenvalue weighted by Gasteiger charge is 2.24. The molecule has 1 aromatic rings. The van der Waals surface area contributed by atoms with E-state index in [9.17, 15) is 0 Å². The minimum Gasteiger partial charge on any atom is -0.326 e. The maximum absolute atomic E-state index is 6.11. The Bertz CT molecular complexity index is 360. The van der Waals surface area contributed by atoms with Gasteiger partial charge in [0.25, 0.3) is 0 Å². The minimum absolute atomic E-state index is 0.291. The van der Waals surface area contributed by atoms with Crippen LogP contribution in [0.25, 0.3) is 0 Å². The largest absolute Gasteiger partial charge is 0.326 e. The SMILES string of the molecule is CC1CCN(Cc2ncnn2C(C)C)CC1N. The number of nitrogens with two attached hydrogens (primary N) is 1. The molecule has 2 N–H and O–H groups in total. The van der Waals surface area contributed by atoms with E-state index in [1.54, 1.807) is 6.33 Å². The van der Waals surface area contributed by atoms with Crippen LogP contribution >= 0.6 is 0 Å². The quantitative estimate of drug-likeness (QED) is 0.853. The van der Waals surface area contributed by atoms with Crippen molar-refractivity contribution in [3.8, 4) is 0 Å². The molecule has 0 aromatic carbocycles. The lowest BCUT2D eigenvalue weighted by atomic mass is 9.94. The molecule has 0 spiro atoms. The molecule has 96 valence electrons. The third kappa shape index (κ3) is 2.84. The van der Waals surface area contributed by atoms with Crippen molar-refractivity contribution in [1.29, 1.82) is 0 Å². The summed E-state index contributed by atoms with van der Waals surface area (Å²) in [5, 5.41) is 4.26. The monoisotopic (exact) mass is 237 g/mol. The normalized spacial score (nSPS) is 26.6. The third-order valence-electron chi connectivity index (χ3n) is 3.60. The second-order valence-corrected chi connectivity index (χ2v) is 5.38. The van der Waals surface area contributed by atoms with Gasteiger partial charge >= 0.3 is 0 Å². The van der Waals surface area contributed by atoms with Gasteiger partial charge in [0.1, 0.15) is 12.2 Å². The second-order valence-electron chi connectivity index (χ2n) is 5.38. The van der Waals surface area contributed by atoms with Crippen LogP contribution in [0.2, 0.25) is 0 Å². The molecule has 1 aliphatic heterocycles. The van der Waals surface area contributed by atoms with E-state index in [1.165, 1.54) is 6.42 Å². The third-order valence-corrected chi connectivity index (χ3v) is 3.60. The molecule has 5 heteroatoms.